The van der Waals surface area contributed by atoms with Crippen molar-refractivity contribution in [2.24, 2.45) is 0 Å². The van der Waals surface area contributed by atoms with Gasteiger partial charge >= 0.3 is 0 Å². The van der Waals surface area contributed by atoms with Crippen LogP contribution in [0, 0.1) is 6.92 Å². The summed E-state index contributed by atoms with van der Waals surface area (Å²) in [6.45, 7) is 3.83. The molecule has 0 fully saturated rings. The lowest BCUT2D eigenvalue weighted by Crippen LogP contribution is -2.33. The van der Waals surface area contributed by atoms with Gasteiger partial charge in [-0.15, -0.1) is 0 Å². The first-order valence-electron chi connectivity index (χ1n) is 5.33. The van der Waals surface area contributed by atoms with Crippen LogP contribution in [0.5, 0.6) is 5.75 Å². The summed E-state index contributed by atoms with van der Waals surface area (Å²) in [6, 6.07) is 4.98. The Morgan fingerprint density at radius 1 is 1.24 bits per heavy atom. The third kappa shape index (κ3) is 3.79. The minimum absolute atomic E-state index is 0.00970. The highest BCUT2D eigenvalue weighted by atomic mass is 16.3. The van der Waals surface area contributed by atoms with Crippen LogP contribution in [-0.2, 0) is 4.79 Å². The third-order valence-electron chi connectivity index (χ3n) is 2.27. The average molecular weight is 236 g/mol. The zero-order chi connectivity index (χ0) is 12.8. The van der Waals surface area contributed by atoms with Gasteiger partial charge in [-0.2, -0.15) is 0 Å². The quantitative estimate of drug-likeness (QED) is 0.669. The van der Waals surface area contributed by atoms with E-state index in [4.69, 9.17) is 0 Å². The van der Waals surface area contributed by atoms with Crippen LogP contribution in [0.3, 0.4) is 0 Å². The van der Waals surface area contributed by atoms with Crippen molar-refractivity contribution in [2.45, 2.75) is 13.8 Å². The summed E-state index contributed by atoms with van der Waals surface area (Å²) in [5, 5.41) is 14.9. The fourth-order valence-electron chi connectivity index (χ4n) is 1.35. The SMILES string of the molecule is CC(=O)NCCNC(=O)c1cccc(C)c1O. The number of aryl methyl sites for hydroxylation is 1. The average Bonchev–Trinajstić information content (AvgIpc) is 2.27. The number of nitrogens with one attached hydrogen (secondary N) is 2. The van der Waals surface area contributed by atoms with Gasteiger partial charge < -0.3 is 15.7 Å². The lowest BCUT2D eigenvalue weighted by atomic mass is 10.1. The number of phenols is 1. The summed E-state index contributed by atoms with van der Waals surface area (Å²) in [6.07, 6.45) is 0. The van der Waals surface area contributed by atoms with Crippen molar-refractivity contribution >= 4 is 11.8 Å². The first-order chi connectivity index (χ1) is 8.02. The molecule has 0 aromatic heterocycles. The number of carbonyl (C=O) groups is 2. The Balaban J connectivity index is 2.53. The van der Waals surface area contributed by atoms with Crippen LogP contribution in [0.25, 0.3) is 0 Å². The van der Waals surface area contributed by atoms with Crippen LogP contribution in [0.15, 0.2) is 18.2 Å². The molecule has 0 radical (unpaired) electrons. The van der Waals surface area contributed by atoms with Crippen molar-refractivity contribution in [2.75, 3.05) is 13.1 Å². The van der Waals surface area contributed by atoms with Crippen LogP contribution >= 0.6 is 0 Å². The topological polar surface area (TPSA) is 78.4 Å². The van der Waals surface area contributed by atoms with Crippen LogP contribution in [0.4, 0.5) is 0 Å². The van der Waals surface area contributed by atoms with E-state index in [-0.39, 0.29) is 23.1 Å². The molecule has 5 nitrogen and oxygen atoms in total. The van der Waals surface area contributed by atoms with Gasteiger partial charge in [-0.05, 0) is 18.6 Å². The van der Waals surface area contributed by atoms with E-state index in [1.165, 1.54) is 6.92 Å². The Morgan fingerprint density at radius 2 is 1.88 bits per heavy atom. The lowest BCUT2D eigenvalue weighted by molar-refractivity contribution is -0.118. The molecular formula is C12H16N2O3. The van der Waals surface area contributed by atoms with E-state index < -0.39 is 0 Å². The summed E-state index contributed by atoms with van der Waals surface area (Å²) in [5.41, 5.74) is 0.896. The molecule has 0 saturated carbocycles. The fourth-order valence-corrected chi connectivity index (χ4v) is 1.35. The second kappa shape index (κ2) is 5.89. The van der Waals surface area contributed by atoms with Crippen LogP contribution in [-0.4, -0.2) is 30.0 Å². The van der Waals surface area contributed by atoms with Crippen LogP contribution < -0.4 is 10.6 Å². The Morgan fingerprint density at radius 3 is 2.53 bits per heavy atom. The number of aromatic hydroxyl groups is 1. The maximum absolute atomic E-state index is 11.7. The van der Waals surface area contributed by atoms with Gasteiger partial charge in [0.15, 0.2) is 0 Å². The Kier molecular flexibility index (Phi) is 4.51. The second-order valence-electron chi connectivity index (χ2n) is 3.71. The fraction of sp³-hybridized carbons (Fsp3) is 0.333. The zero-order valence-corrected chi connectivity index (χ0v) is 9.91. The highest BCUT2D eigenvalue weighted by Gasteiger charge is 2.11. The van der Waals surface area contributed by atoms with Crippen molar-refractivity contribution in [3.8, 4) is 5.75 Å². The van der Waals surface area contributed by atoms with Gasteiger partial charge in [0.05, 0.1) is 5.56 Å². The predicted octanol–water partition coefficient (Wildman–Crippen LogP) is 0.567. The van der Waals surface area contributed by atoms with Crippen LogP contribution in [0.2, 0.25) is 0 Å². The number of benzene rings is 1. The van der Waals surface area contributed by atoms with E-state index in [1.807, 2.05) is 0 Å². The van der Waals surface area contributed by atoms with Crippen molar-refractivity contribution in [3.05, 3.63) is 29.3 Å². The summed E-state index contributed by atoms with van der Waals surface area (Å²) < 4.78 is 0. The lowest BCUT2D eigenvalue weighted by Gasteiger charge is -2.08. The van der Waals surface area contributed by atoms with Gasteiger partial charge in [0, 0.05) is 20.0 Å². The van der Waals surface area contributed by atoms with Gasteiger partial charge in [-0.3, -0.25) is 9.59 Å². The summed E-state index contributed by atoms with van der Waals surface area (Å²) in [5.74, 6) is -0.501. The summed E-state index contributed by atoms with van der Waals surface area (Å²) in [7, 11) is 0. The molecule has 17 heavy (non-hydrogen) atoms. The number of phenolic OH excluding ortho intramolecular Hbond substituents is 1. The van der Waals surface area contributed by atoms with Gasteiger partial charge in [0.2, 0.25) is 5.91 Å². The third-order valence-corrected chi connectivity index (χ3v) is 2.27. The highest BCUT2D eigenvalue weighted by molar-refractivity contribution is 5.97. The van der Waals surface area contributed by atoms with E-state index in [0.717, 1.165) is 0 Å². The van der Waals surface area contributed by atoms with E-state index in [1.54, 1.807) is 25.1 Å². The van der Waals surface area contributed by atoms with E-state index in [0.29, 0.717) is 18.7 Å². The molecule has 0 aliphatic heterocycles. The molecule has 0 heterocycles. The molecule has 0 aliphatic carbocycles. The molecule has 1 aromatic carbocycles. The maximum Gasteiger partial charge on any atom is 0.255 e. The monoisotopic (exact) mass is 236 g/mol. The molecule has 92 valence electrons. The number of carbonyl (C=O) groups excluding carboxylic acids is 2. The first kappa shape index (κ1) is 13.0. The molecule has 0 saturated heterocycles. The highest BCUT2D eigenvalue weighted by Crippen LogP contribution is 2.20. The summed E-state index contributed by atoms with van der Waals surface area (Å²) >= 11 is 0. The summed E-state index contributed by atoms with van der Waals surface area (Å²) in [4.78, 5) is 22.3. The van der Waals surface area contributed by atoms with Crippen molar-refractivity contribution in [3.63, 3.8) is 0 Å². The molecule has 5 heteroatoms. The van der Waals surface area contributed by atoms with Gasteiger partial charge in [0.25, 0.3) is 5.91 Å². The van der Waals surface area contributed by atoms with Crippen molar-refractivity contribution < 1.29 is 14.7 Å². The van der Waals surface area contributed by atoms with Gasteiger partial charge in [-0.1, -0.05) is 12.1 Å². The molecular weight excluding hydrogens is 220 g/mol. The predicted molar refractivity (Wildman–Crippen MR) is 63.9 cm³/mol. The number of rotatable bonds is 4. The first-order valence-corrected chi connectivity index (χ1v) is 5.33. The normalized spacial score (nSPS) is 9.76. The van der Waals surface area contributed by atoms with Gasteiger partial charge in [-0.25, -0.2) is 0 Å². The molecule has 2 amide bonds. The largest absolute Gasteiger partial charge is 0.507 e. The van der Waals surface area contributed by atoms with E-state index in [9.17, 15) is 14.7 Å². The standard InChI is InChI=1S/C12H16N2O3/c1-8-4-3-5-10(11(8)16)12(17)14-7-6-13-9(2)15/h3-5,16H,6-7H2,1-2H3,(H,13,15)(H,14,17). The molecule has 1 rings (SSSR count). The molecule has 3 N–H and O–H groups in total. The number of hydrogen-bond donors (Lipinski definition) is 3. The minimum atomic E-state index is -0.350. The van der Waals surface area contributed by atoms with Crippen molar-refractivity contribution in [1.29, 1.82) is 0 Å². The molecule has 0 spiro atoms. The van der Waals surface area contributed by atoms with Gasteiger partial charge in [0.1, 0.15) is 5.75 Å². The maximum atomic E-state index is 11.7. The Labute approximate surface area is 99.8 Å². The molecule has 0 atom stereocenters. The minimum Gasteiger partial charge on any atom is -0.507 e. The number of hydrogen-bond acceptors (Lipinski definition) is 3. The Hall–Kier alpha value is -2.04. The molecule has 1 aromatic rings. The smallest absolute Gasteiger partial charge is 0.255 e. The van der Waals surface area contributed by atoms with E-state index in [2.05, 4.69) is 10.6 Å². The number of para-hydroxylation sites is 1. The Bertz CT molecular complexity index is 430. The second-order valence-corrected chi connectivity index (χ2v) is 3.71. The van der Waals surface area contributed by atoms with E-state index >= 15 is 0 Å². The van der Waals surface area contributed by atoms with Crippen LogP contribution in [0.1, 0.15) is 22.8 Å². The van der Waals surface area contributed by atoms with Crippen molar-refractivity contribution in [1.82, 2.24) is 10.6 Å². The number of amides is 2. The zero-order valence-electron chi connectivity index (χ0n) is 9.91. The molecule has 0 aliphatic rings. The molecule has 0 unspecified atom stereocenters. The molecule has 0 bridgehead atoms.